The Hall–Kier alpha value is -2.33. The van der Waals surface area contributed by atoms with Gasteiger partial charge in [0.05, 0.1) is 11.6 Å². The van der Waals surface area contributed by atoms with Gasteiger partial charge in [-0.1, -0.05) is 24.3 Å². The molecule has 4 nitrogen and oxygen atoms in total. The van der Waals surface area contributed by atoms with Gasteiger partial charge in [0.2, 0.25) is 0 Å². The number of pyridine rings is 1. The first-order valence-corrected chi connectivity index (χ1v) is 6.53. The van der Waals surface area contributed by atoms with Gasteiger partial charge in [0.1, 0.15) is 5.69 Å². The van der Waals surface area contributed by atoms with Crippen molar-refractivity contribution in [2.24, 2.45) is 0 Å². The molecule has 4 heteroatoms. The van der Waals surface area contributed by atoms with E-state index in [2.05, 4.69) is 15.0 Å². The lowest BCUT2D eigenvalue weighted by Crippen LogP contribution is -2.02. The molecule has 0 bridgehead atoms. The topological polar surface area (TPSA) is 58.9 Å². The summed E-state index contributed by atoms with van der Waals surface area (Å²) in [4.78, 5) is 13.3. The van der Waals surface area contributed by atoms with Crippen molar-refractivity contribution in [1.29, 1.82) is 0 Å². The molecular formula is C16H15N3O. The van der Waals surface area contributed by atoms with E-state index in [0.29, 0.717) is 5.82 Å². The van der Waals surface area contributed by atoms with E-state index in [1.807, 2.05) is 43.3 Å². The lowest BCUT2D eigenvalue weighted by molar-refractivity contribution is 0.197. The molecule has 0 aliphatic heterocycles. The lowest BCUT2D eigenvalue weighted by atomic mass is 10.1. The number of aliphatic hydroxyl groups is 1. The van der Waals surface area contributed by atoms with Crippen molar-refractivity contribution in [2.45, 2.75) is 20.0 Å². The van der Waals surface area contributed by atoms with Gasteiger partial charge in [0, 0.05) is 22.8 Å². The van der Waals surface area contributed by atoms with E-state index in [1.165, 1.54) is 0 Å². The molecule has 0 aliphatic rings. The predicted molar refractivity (Wildman–Crippen MR) is 78.1 cm³/mol. The van der Waals surface area contributed by atoms with Crippen LogP contribution in [0.4, 0.5) is 0 Å². The maximum Gasteiger partial charge on any atom is 0.178 e. The van der Waals surface area contributed by atoms with Crippen LogP contribution in [0.25, 0.3) is 22.4 Å². The van der Waals surface area contributed by atoms with Crippen molar-refractivity contribution >= 4 is 10.9 Å². The fourth-order valence-electron chi connectivity index (χ4n) is 2.20. The van der Waals surface area contributed by atoms with E-state index in [0.717, 1.165) is 27.9 Å². The van der Waals surface area contributed by atoms with Crippen LogP contribution in [0.5, 0.6) is 0 Å². The molecule has 0 spiro atoms. The Labute approximate surface area is 117 Å². The first kappa shape index (κ1) is 12.7. The minimum absolute atomic E-state index is 0.561. The quantitative estimate of drug-likeness (QED) is 0.773. The van der Waals surface area contributed by atoms with Gasteiger partial charge >= 0.3 is 0 Å². The monoisotopic (exact) mass is 265 g/mol. The van der Waals surface area contributed by atoms with Gasteiger partial charge in [-0.3, -0.25) is 0 Å². The average Bonchev–Trinajstić information content (AvgIpc) is 2.46. The van der Waals surface area contributed by atoms with Crippen LogP contribution < -0.4 is 0 Å². The SMILES string of the molecule is Cc1nc(-c2ccc3ccccc3n2)ncc1[C@H](C)O. The molecule has 0 radical (unpaired) electrons. The number of aromatic nitrogens is 3. The van der Waals surface area contributed by atoms with Gasteiger partial charge in [-0.25, -0.2) is 15.0 Å². The Bertz CT molecular complexity index is 769. The number of hydrogen-bond acceptors (Lipinski definition) is 4. The zero-order valence-electron chi connectivity index (χ0n) is 11.4. The van der Waals surface area contributed by atoms with Crippen LogP contribution >= 0.6 is 0 Å². The van der Waals surface area contributed by atoms with E-state index >= 15 is 0 Å². The highest BCUT2D eigenvalue weighted by Crippen LogP contribution is 2.20. The molecule has 0 fully saturated rings. The van der Waals surface area contributed by atoms with Crippen molar-refractivity contribution < 1.29 is 5.11 Å². The minimum Gasteiger partial charge on any atom is -0.389 e. The van der Waals surface area contributed by atoms with E-state index in [-0.39, 0.29) is 0 Å². The van der Waals surface area contributed by atoms with Crippen molar-refractivity contribution in [1.82, 2.24) is 15.0 Å². The van der Waals surface area contributed by atoms with Gasteiger partial charge in [-0.2, -0.15) is 0 Å². The van der Waals surface area contributed by atoms with Crippen LogP contribution in [0.2, 0.25) is 0 Å². The van der Waals surface area contributed by atoms with E-state index in [1.54, 1.807) is 13.1 Å². The maximum absolute atomic E-state index is 9.61. The van der Waals surface area contributed by atoms with Gasteiger partial charge in [-0.05, 0) is 26.0 Å². The maximum atomic E-state index is 9.61. The Morgan fingerprint density at radius 2 is 1.85 bits per heavy atom. The highest BCUT2D eigenvalue weighted by molar-refractivity contribution is 5.80. The Morgan fingerprint density at radius 1 is 1.05 bits per heavy atom. The number of aliphatic hydroxyl groups excluding tert-OH is 1. The fraction of sp³-hybridized carbons (Fsp3) is 0.188. The number of para-hydroxylation sites is 1. The van der Waals surface area contributed by atoms with Crippen LogP contribution in [-0.2, 0) is 0 Å². The van der Waals surface area contributed by atoms with Crippen molar-refractivity contribution in [2.75, 3.05) is 0 Å². The van der Waals surface area contributed by atoms with Gasteiger partial charge in [-0.15, -0.1) is 0 Å². The summed E-state index contributed by atoms with van der Waals surface area (Å²) in [6.45, 7) is 3.58. The Kier molecular flexibility index (Phi) is 3.16. The Morgan fingerprint density at radius 3 is 2.60 bits per heavy atom. The third kappa shape index (κ3) is 2.26. The first-order chi connectivity index (χ1) is 9.65. The van der Waals surface area contributed by atoms with E-state index < -0.39 is 6.10 Å². The number of hydrogen-bond donors (Lipinski definition) is 1. The number of nitrogens with zero attached hydrogens (tertiary/aromatic N) is 3. The van der Waals surface area contributed by atoms with E-state index in [9.17, 15) is 5.11 Å². The third-order valence-electron chi connectivity index (χ3n) is 3.29. The zero-order valence-corrected chi connectivity index (χ0v) is 11.4. The Balaban J connectivity index is 2.08. The standard InChI is InChI=1S/C16H15N3O/c1-10-13(11(2)20)9-17-16(18-10)15-8-7-12-5-3-4-6-14(12)19-15/h3-9,11,20H,1-2H3/t11-/m0/s1. The number of fused-ring (bicyclic) bond motifs is 1. The summed E-state index contributed by atoms with van der Waals surface area (Å²) < 4.78 is 0. The van der Waals surface area contributed by atoms with Gasteiger partial charge < -0.3 is 5.11 Å². The molecule has 3 aromatic rings. The summed E-state index contributed by atoms with van der Waals surface area (Å²) in [5, 5.41) is 10.7. The first-order valence-electron chi connectivity index (χ1n) is 6.53. The highest BCUT2D eigenvalue weighted by Gasteiger charge is 2.10. The molecule has 0 aliphatic carbocycles. The van der Waals surface area contributed by atoms with Crippen LogP contribution in [0.15, 0.2) is 42.6 Å². The third-order valence-corrected chi connectivity index (χ3v) is 3.29. The smallest absolute Gasteiger partial charge is 0.178 e. The second-order valence-corrected chi connectivity index (χ2v) is 4.80. The molecule has 0 saturated heterocycles. The molecule has 2 heterocycles. The summed E-state index contributed by atoms with van der Waals surface area (Å²) in [6, 6.07) is 11.9. The zero-order chi connectivity index (χ0) is 14.1. The molecule has 0 amide bonds. The molecule has 100 valence electrons. The van der Waals surface area contributed by atoms with Gasteiger partial charge in [0.25, 0.3) is 0 Å². The summed E-state index contributed by atoms with van der Waals surface area (Å²) in [6.07, 6.45) is 1.10. The van der Waals surface area contributed by atoms with Gasteiger partial charge in [0.15, 0.2) is 5.82 Å². The largest absolute Gasteiger partial charge is 0.389 e. The molecule has 1 N–H and O–H groups in total. The normalized spacial score (nSPS) is 12.6. The second kappa shape index (κ2) is 4.98. The molecule has 2 aromatic heterocycles. The van der Waals surface area contributed by atoms with Crippen LogP contribution in [0, 0.1) is 6.92 Å². The van der Waals surface area contributed by atoms with E-state index in [4.69, 9.17) is 0 Å². The number of benzene rings is 1. The van der Waals surface area contributed by atoms with Crippen molar-refractivity contribution in [3.63, 3.8) is 0 Å². The van der Waals surface area contributed by atoms with Crippen LogP contribution in [0.3, 0.4) is 0 Å². The highest BCUT2D eigenvalue weighted by atomic mass is 16.3. The molecule has 0 unspecified atom stereocenters. The molecule has 1 aromatic carbocycles. The summed E-state index contributed by atoms with van der Waals surface area (Å²) >= 11 is 0. The van der Waals surface area contributed by atoms with Crippen LogP contribution in [-0.4, -0.2) is 20.1 Å². The molecular weight excluding hydrogens is 250 g/mol. The molecule has 0 saturated carbocycles. The lowest BCUT2D eigenvalue weighted by Gasteiger charge is -2.09. The molecule has 20 heavy (non-hydrogen) atoms. The minimum atomic E-state index is -0.561. The van der Waals surface area contributed by atoms with Crippen molar-refractivity contribution in [3.05, 3.63) is 53.9 Å². The molecule has 3 rings (SSSR count). The predicted octanol–water partition coefficient (Wildman–Crippen LogP) is 3.05. The summed E-state index contributed by atoms with van der Waals surface area (Å²) in [7, 11) is 0. The second-order valence-electron chi connectivity index (χ2n) is 4.80. The summed E-state index contributed by atoms with van der Waals surface area (Å²) in [5.41, 5.74) is 3.18. The summed E-state index contributed by atoms with van der Waals surface area (Å²) in [5.74, 6) is 0.581. The van der Waals surface area contributed by atoms with Crippen molar-refractivity contribution in [3.8, 4) is 11.5 Å². The molecule has 1 atom stereocenters. The fourth-order valence-corrected chi connectivity index (χ4v) is 2.20. The number of aryl methyl sites for hydroxylation is 1. The average molecular weight is 265 g/mol. The number of rotatable bonds is 2. The van der Waals surface area contributed by atoms with Crippen LogP contribution in [0.1, 0.15) is 24.3 Å².